The number of rotatable bonds is 8. The molecule has 208 valence electrons. The van der Waals surface area contributed by atoms with Crippen molar-refractivity contribution in [1.82, 2.24) is 9.97 Å². The molecule has 0 fully saturated rings. The summed E-state index contributed by atoms with van der Waals surface area (Å²) in [6, 6.07) is 42.0. The molecule has 0 radical (unpaired) electrons. The van der Waals surface area contributed by atoms with Crippen LogP contribution in [-0.2, 0) is 31.3 Å². The largest absolute Gasteiger partial charge is 2.00 e. The Hall–Kier alpha value is -3.88. The van der Waals surface area contributed by atoms with Crippen molar-refractivity contribution in [1.29, 1.82) is 0 Å². The average Bonchev–Trinajstić information content (AvgIpc) is 3.02. The number of esters is 1. The van der Waals surface area contributed by atoms with Gasteiger partial charge in [0.05, 0.1) is 10.8 Å². The van der Waals surface area contributed by atoms with E-state index in [1.807, 2.05) is 130 Å². The summed E-state index contributed by atoms with van der Waals surface area (Å²) < 4.78 is 5.72. The van der Waals surface area contributed by atoms with Gasteiger partial charge in [-0.25, -0.2) is 0 Å². The zero-order valence-corrected chi connectivity index (χ0v) is 25.9. The molecule has 0 aliphatic carbocycles. The minimum absolute atomic E-state index is 0. The average molecular weight is 720 g/mol. The van der Waals surface area contributed by atoms with E-state index in [4.69, 9.17) is 14.7 Å². The van der Waals surface area contributed by atoms with Crippen LogP contribution in [0.3, 0.4) is 0 Å². The number of benzene rings is 3. The van der Waals surface area contributed by atoms with Gasteiger partial charge in [0.15, 0.2) is 0 Å². The molecule has 0 aliphatic heterocycles. The molecule has 0 N–H and O–H groups in total. The Morgan fingerprint density at radius 1 is 0.707 bits per heavy atom. The molecule has 5 aromatic rings. The third-order valence-corrected chi connectivity index (χ3v) is 7.57. The summed E-state index contributed by atoms with van der Waals surface area (Å²) in [6.45, 7) is 7.91. The first kappa shape index (κ1) is 30.1. The molecule has 2 aromatic heterocycles. The van der Waals surface area contributed by atoms with E-state index in [2.05, 4.69) is 19.1 Å². The molecule has 0 saturated carbocycles. The molecule has 2 heterocycles. The minimum Gasteiger partial charge on any atom is -0.426 e. The predicted molar refractivity (Wildman–Crippen MR) is 159 cm³/mol. The van der Waals surface area contributed by atoms with Crippen molar-refractivity contribution >= 4 is 5.97 Å². The zero-order chi connectivity index (χ0) is 28.2. The van der Waals surface area contributed by atoms with Gasteiger partial charge in [0.2, 0.25) is 0 Å². The maximum Gasteiger partial charge on any atom is 2.00 e. The third-order valence-electron chi connectivity index (χ3n) is 7.57. The summed E-state index contributed by atoms with van der Waals surface area (Å²) in [5.41, 5.74) is 4.94. The van der Waals surface area contributed by atoms with Crippen molar-refractivity contribution in [2.45, 2.75) is 39.5 Å². The minimum atomic E-state index is -0.708. The van der Waals surface area contributed by atoms with Crippen molar-refractivity contribution in [2.24, 2.45) is 5.41 Å². The van der Waals surface area contributed by atoms with Crippen LogP contribution in [0.1, 0.15) is 51.1 Å². The number of nitrogens with zero attached hydrogens (tertiary/aromatic N) is 2. The summed E-state index contributed by atoms with van der Waals surface area (Å²) in [6.07, 6.45) is 0.698. The molecular weight excluding hydrogens is 687 g/mol. The second-order valence-electron chi connectivity index (χ2n) is 10.6. The maximum atomic E-state index is 12.7. The van der Waals surface area contributed by atoms with Crippen LogP contribution in [0.25, 0.3) is 22.5 Å². The van der Waals surface area contributed by atoms with E-state index in [0.29, 0.717) is 12.2 Å². The molecule has 0 spiro atoms. The standard InChI is InChI=1S/C36H32N2O2.Pt/c1-5-35(2,3)34(39)40-29-24-22-28(23-25-29)36(4,32-20-12-18-30(37-32)26-14-8-6-9-15-26)33-21-13-19-31(38-33)27-16-10-7-11-17-27;/h6-14,16,18-25H,5H2,1-4H3;/q-2;+2. The summed E-state index contributed by atoms with van der Waals surface area (Å²) >= 11 is 0. The van der Waals surface area contributed by atoms with E-state index in [9.17, 15) is 4.79 Å². The fourth-order valence-electron chi connectivity index (χ4n) is 4.50. The van der Waals surface area contributed by atoms with Gasteiger partial charge in [-0.15, -0.1) is 71.8 Å². The Kier molecular flexibility index (Phi) is 9.35. The first-order valence-electron chi connectivity index (χ1n) is 13.5. The SMILES string of the molecule is CCC(C)(C)C(=O)Oc1ccc(C(C)(c2cccc(-c3[c-]cccc3)n2)c2cccc(-c3[c-]cccc3)n2)cc1.[Pt+2]. The smallest absolute Gasteiger partial charge is 0.426 e. The van der Waals surface area contributed by atoms with Gasteiger partial charge in [0.25, 0.3) is 0 Å². The fourth-order valence-corrected chi connectivity index (χ4v) is 4.50. The topological polar surface area (TPSA) is 52.1 Å². The number of carbonyl (C=O) groups excluding carboxylic acids is 1. The van der Waals surface area contributed by atoms with Crippen LogP contribution < -0.4 is 4.74 Å². The number of pyridine rings is 2. The van der Waals surface area contributed by atoms with Crippen LogP contribution in [0.15, 0.2) is 109 Å². The van der Waals surface area contributed by atoms with Gasteiger partial charge in [0, 0.05) is 11.4 Å². The summed E-state index contributed by atoms with van der Waals surface area (Å²) in [5, 5.41) is 0. The van der Waals surface area contributed by atoms with Crippen molar-refractivity contribution in [2.75, 3.05) is 0 Å². The molecule has 0 aliphatic rings. The molecule has 0 unspecified atom stereocenters. The third kappa shape index (κ3) is 6.39. The van der Waals surface area contributed by atoms with Crippen molar-refractivity contribution < 1.29 is 30.6 Å². The fraction of sp³-hybridized carbons (Fsp3) is 0.194. The Morgan fingerprint density at radius 2 is 1.22 bits per heavy atom. The second-order valence-corrected chi connectivity index (χ2v) is 10.6. The first-order chi connectivity index (χ1) is 19.3. The normalized spacial score (nSPS) is 11.4. The van der Waals surface area contributed by atoms with Gasteiger partial charge in [-0.05, 0) is 68.4 Å². The van der Waals surface area contributed by atoms with E-state index in [1.54, 1.807) is 0 Å². The van der Waals surface area contributed by atoms with E-state index < -0.39 is 10.8 Å². The van der Waals surface area contributed by atoms with E-state index >= 15 is 0 Å². The maximum absolute atomic E-state index is 12.7. The number of hydrogen-bond donors (Lipinski definition) is 0. The van der Waals surface area contributed by atoms with Crippen molar-refractivity contribution in [3.05, 3.63) is 138 Å². The van der Waals surface area contributed by atoms with Crippen molar-refractivity contribution in [3.8, 4) is 28.3 Å². The zero-order valence-electron chi connectivity index (χ0n) is 23.6. The molecule has 0 amide bonds. The molecule has 41 heavy (non-hydrogen) atoms. The van der Waals surface area contributed by atoms with Gasteiger partial charge < -0.3 is 4.74 Å². The first-order valence-corrected chi connectivity index (χ1v) is 13.5. The van der Waals surface area contributed by atoms with Gasteiger partial charge in [0.1, 0.15) is 5.75 Å². The van der Waals surface area contributed by atoms with Crippen LogP contribution in [-0.4, -0.2) is 15.9 Å². The van der Waals surface area contributed by atoms with E-state index in [0.717, 1.165) is 39.5 Å². The predicted octanol–water partition coefficient (Wildman–Crippen LogP) is 8.10. The number of carbonyl (C=O) groups is 1. The van der Waals surface area contributed by atoms with Crippen LogP contribution in [0.5, 0.6) is 5.75 Å². The Labute approximate surface area is 257 Å². The van der Waals surface area contributed by atoms with Crippen molar-refractivity contribution in [3.63, 3.8) is 0 Å². The van der Waals surface area contributed by atoms with Gasteiger partial charge in [-0.2, -0.15) is 0 Å². The quantitative estimate of drug-likeness (QED) is 0.0925. The molecule has 0 saturated heterocycles. The number of aromatic nitrogens is 2. The van der Waals surface area contributed by atoms with Gasteiger partial charge >= 0.3 is 27.0 Å². The van der Waals surface area contributed by atoms with Gasteiger partial charge in [-0.3, -0.25) is 14.8 Å². The van der Waals surface area contributed by atoms with E-state index in [1.165, 1.54) is 0 Å². The summed E-state index contributed by atoms with van der Waals surface area (Å²) in [4.78, 5) is 22.9. The number of ether oxygens (including phenoxy) is 1. The summed E-state index contributed by atoms with van der Waals surface area (Å²) in [7, 11) is 0. The Morgan fingerprint density at radius 3 is 1.66 bits per heavy atom. The Bertz CT molecular complexity index is 1520. The summed E-state index contributed by atoms with van der Waals surface area (Å²) in [5.74, 6) is 0.270. The van der Waals surface area contributed by atoms with Crippen LogP contribution in [0, 0.1) is 17.5 Å². The van der Waals surface area contributed by atoms with Crippen LogP contribution >= 0.6 is 0 Å². The monoisotopic (exact) mass is 719 g/mol. The molecule has 4 nitrogen and oxygen atoms in total. The Balaban J connectivity index is 0.00000387. The van der Waals surface area contributed by atoms with Crippen LogP contribution in [0.4, 0.5) is 0 Å². The number of hydrogen-bond acceptors (Lipinski definition) is 4. The second kappa shape index (κ2) is 12.7. The molecule has 5 heteroatoms. The molecule has 0 bridgehead atoms. The molecule has 0 atom stereocenters. The molecule has 3 aromatic carbocycles. The molecular formula is C36H32N2O2Pt. The van der Waals surface area contributed by atoms with E-state index in [-0.39, 0.29) is 27.0 Å². The molecule has 5 rings (SSSR count). The van der Waals surface area contributed by atoms with Gasteiger partial charge in [-0.1, -0.05) is 43.3 Å². The van der Waals surface area contributed by atoms with Crippen LogP contribution in [0.2, 0.25) is 0 Å².